The Morgan fingerprint density at radius 1 is 1.23 bits per heavy atom. The zero-order chi connectivity index (χ0) is 19.8. The maximum atomic E-state index is 13.5. The Labute approximate surface area is 151 Å². The van der Waals surface area contributed by atoms with Gasteiger partial charge in [-0.15, -0.1) is 0 Å². The molecular weight excluding hydrogens is 371 g/mol. The molecule has 0 saturated carbocycles. The Hall–Kier alpha value is -2.88. The van der Waals surface area contributed by atoms with Gasteiger partial charge in [-0.2, -0.15) is 0 Å². The molecule has 11 heteroatoms. The Morgan fingerprint density at radius 2 is 1.85 bits per heavy atom. The van der Waals surface area contributed by atoms with E-state index in [4.69, 9.17) is 22.1 Å². The van der Waals surface area contributed by atoms with Gasteiger partial charge in [0.1, 0.15) is 12.4 Å². The van der Waals surface area contributed by atoms with E-state index in [9.17, 15) is 23.6 Å². The SMILES string of the molecule is CC(C)OC(=O)Cn1c(=O)n(C)c(=O)n(-c2cc(N)c(F)cc2Cl)c1=O. The number of carbonyl (C=O) groups is 1. The maximum absolute atomic E-state index is 13.5. The van der Waals surface area contributed by atoms with E-state index in [1.54, 1.807) is 13.8 Å². The molecule has 0 aliphatic heterocycles. The third kappa shape index (κ3) is 3.54. The fourth-order valence-corrected chi connectivity index (χ4v) is 2.43. The Bertz CT molecular complexity index is 1050. The Balaban J connectivity index is 2.75. The van der Waals surface area contributed by atoms with Crippen molar-refractivity contribution in [2.75, 3.05) is 5.73 Å². The lowest BCUT2D eigenvalue weighted by Crippen LogP contribution is -2.54. The van der Waals surface area contributed by atoms with Crippen LogP contribution in [0.3, 0.4) is 0 Å². The lowest BCUT2D eigenvalue weighted by molar-refractivity contribution is -0.148. The molecule has 2 N–H and O–H groups in total. The van der Waals surface area contributed by atoms with Gasteiger partial charge in [-0.3, -0.25) is 4.79 Å². The molecule has 0 fully saturated rings. The van der Waals surface area contributed by atoms with Crippen molar-refractivity contribution in [2.45, 2.75) is 26.5 Å². The first kappa shape index (κ1) is 19.4. The second kappa shape index (κ2) is 7.16. The summed E-state index contributed by atoms with van der Waals surface area (Å²) in [6.07, 6.45) is -0.459. The summed E-state index contributed by atoms with van der Waals surface area (Å²) < 4.78 is 20.1. The van der Waals surface area contributed by atoms with Crippen molar-refractivity contribution in [3.63, 3.8) is 0 Å². The van der Waals surface area contributed by atoms with Gasteiger partial charge in [0.2, 0.25) is 0 Å². The van der Waals surface area contributed by atoms with E-state index >= 15 is 0 Å². The number of carbonyl (C=O) groups excluding carboxylic acids is 1. The molecule has 1 aromatic heterocycles. The predicted octanol–water partition coefficient (Wildman–Crippen LogP) is 0.0242. The molecule has 2 rings (SSSR count). The quantitative estimate of drug-likeness (QED) is 0.584. The molecule has 0 saturated heterocycles. The molecule has 140 valence electrons. The number of benzene rings is 1. The standard InChI is InChI=1S/C15H16ClFN4O5/c1-7(2)26-12(22)6-20-13(23)19(3)14(24)21(15(20)25)11-5-10(18)9(17)4-8(11)16/h4-5,7H,6,18H2,1-3H3. The number of ether oxygens (including phenoxy) is 1. The van der Waals surface area contributed by atoms with Crippen molar-refractivity contribution in [1.29, 1.82) is 0 Å². The average molecular weight is 387 g/mol. The number of esters is 1. The molecule has 1 aromatic carbocycles. The van der Waals surface area contributed by atoms with Crippen molar-refractivity contribution in [3.05, 3.63) is 54.4 Å². The third-order valence-corrected chi connectivity index (χ3v) is 3.68. The smallest absolute Gasteiger partial charge is 0.341 e. The Kier molecular flexibility index (Phi) is 5.36. The fourth-order valence-electron chi connectivity index (χ4n) is 2.19. The summed E-state index contributed by atoms with van der Waals surface area (Å²) in [7, 11) is 1.12. The van der Waals surface area contributed by atoms with E-state index in [1.807, 2.05) is 0 Å². The molecule has 1 heterocycles. The molecular formula is C15H16ClFN4O5. The highest BCUT2D eigenvalue weighted by Gasteiger charge is 2.20. The zero-order valence-corrected chi connectivity index (χ0v) is 14.9. The number of hydrogen-bond donors (Lipinski definition) is 1. The highest BCUT2D eigenvalue weighted by Crippen LogP contribution is 2.23. The number of halogens is 2. The molecule has 0 amide bonds. The van der Waals surface area contributed by atoms with E-state index in [0.717, 1.165) is 19.2 Å². The topological polar surface area (TPSA) is 118 Å². The number of aromatic nitrogens is 3. The van der Waals surface area contributed by atoms with Gasteiger partial charge >= 0.3 is 23.0 Å². The van der Waals surface area contributed by atoms with Crippen LogP contribution in [0.4, 0.5) is 10.1 Å². The monoisotopic (exact) mass is 386 g/mol. The first-order chi connectivity index (χ1) is 12.0. The summed E-state index contributed by atoms with van der Waals surface area (Å²) in [6.45, 7) is 2.49. The van der Waals surface area contributed by atoms with E-state index in [1.165, 1.54) is 0 Å². The van der Waals surface area contributed by atoms with Gasteiger partial charge in [0.25, 0.3) is 0 Å². The first-order valence-electron chi connectivity index (χ1n) is 7.41. The van der Waals surface area contributed by atoms with Crippen LogP contribution in [0.2, 0.25) is 5.02 Å². The van der Waals surface area contributed by atoms with Crippen LogP contribution >= 0.6 is 11.6 Å². The number of hydrogen-bond acceptors (Lipinski definition) is 6. The zero-order valence-electron chi connectivity index (χ0n) is 14.2. The van der Waals surface area contributed by atoms with Crippen LogP contribution in [-0.4, -0.2) is 25.8 Å². The van der Waals surface area contributed by atoms with E-state index in [-0.39, 0.29) is 16.4 Å². The van der Waals surface area contributed by atoms with Gasteiger partial charge in [-0.05, 0) is 26.0 Å². The molecule has 2 aromatic rings. The molecule has 0 unspecified atom stereocenters. The minimum Gasteiger partial charge on any atom is -0.462 e. The predicted molar refractivity (Wildman–Crippen MR) is 92.1 cm³/mol. The van der Waals surface area contributed by atoms with E-state index < -0.39 is 41.5 Å². The van der Waals surface area contributed by atoms with Crippen LogP contribution in [0.25, 0.3) is 5.69 Å². The fraction of sp³-hybridized carbons (Fsp3) is 0.333. The number of nitrogens with two attached hydrogens (primary N) is 1. The van der Waals surface area contributed by atoms with Crippen molar-refractivity contribution < 1.29 is 13.9 Å². The number of anilines is 1. The summed E-state index contributed by atoms with van der Waals surface area (Å²) in [5, 5.41) is -0.272. The molecule has 0 atom stereocenters. The minimum absolute atomic E-state index is 0.220. The number of rotatable bonds is 4. The molecule has 0 spiro atoms. The average Bonchev–Trinajstić information content (AvgIpc) is 2.54. The van der Waals surface area contributed by atoms with Gasteiger partial charge < -0.3 is 10.5 Å². The van der Waals surface area contributed by atoms with Crippen molar-refractivity contribution in [2.24, 2.45) is 7.05 Å². The van der Waals surface area contributed by atoms with Crippen molar-refractivity contribution in [3.8, 4) is 5.69 Å². The number of nitrogens with zero attached hydrogens (tertiary/aromatic N) is 3. The second-order valence-electron chi connectivity index (χ2n) is 5.69. The molecule has 9 nitrogen and oxygen atoms in total. The summed E-state index contributed by atoms with van der Waals surface area (Å²) in [5.74, 6) is -1.67. The van der Waals surface area contributed by atoms with Crippen LogP contribution < -0.4 is 22.8 Å². The molecule has 0 radical (unpaired) electrons. The lowest BCUT2D eigenvalue weighted by Gasteiger charge is -2.14. The summed E-state index contributed by atoms with van der Waals surface area (Å²) in [6, 6.07) is 1.82. The minimum atomic E-state index is -1.13. The van der Waals surface area contributed by atoms with Gasteiger partial charge in [-0.25, -0.2) is 32.5 Å². The summed E-state index contributed by atoms with van der Waals surface area (Å²) in [4.78, 5) is 49.1. The van der Waals surface area contributed by atoms with Crippen LogP contribution in [0.15, 0.2) is 26.5 Å². The van der Waals surface area contributed by atoms with Gasteiger partial charge in [0, 0.05) is 7.05 Å². The molecule has 0 bridgehead atoms. The lowest BCUT2D eigenvalue weighted by atomic mass is 10.2. The summed E-state index contributed by atoms with van der Waals surface area (Å²) >= 11 is 5.92. The van der Waals surface area contributed by atoms with Gasteiger partial charge in [-0.1, -0.05) is 11.6 Å². The molecule has 0 aliphatic rings. The highest BCUT2D eigenvalue weighted by atomic mass is 35.5. The maximum Gasteiger partial charge on any atom is 0.341 e. The van der Waals surface area contributed by atoms with Crippen molar-refractivity contribution in [1.82, 2.24) is 13.7 Å². The van der Waals surface area contributed by atoms with E-state index in [0.29, 0.717) is 13.7 Å². The van der Waals surface area contributed by atoms with Crippen LogP contribution in [0.1, 0.15) is 13.8 Å². The summed E-state index contributed by atoms with van der Waals surface area (Å²) in [5.41, 5.74) is 1.73. The van der Waals surface area contributed by atoms with E-state index in [2.05, 4.69) is 0 Å². The molecule has 26 heavy (non-hydrogen) atoms. The molecule has 0 aliphatic carbocycles. The third-order valence-electron chi connectivity index (χ3n) is 3.38. The Morgan fingerprint density at radius 3 is 2.42 bits per heavy atom. The number of nitrogen functional groups attached to an aromatic ring is 1. The normalized spacial score (nSPS) is 11.0. The highest BCUT2D eigenvalue weighted by molar-refractivity contribution is 6.32. The largest absolute Gasteiger partial charge is 0.462 e. The van der Waals surface area contributed by atoms with Crippen LogP contribution in [0, 0.1) is 5.82 Å². The van der Waals surface area contributed by atoms with Crippen LogP contribution in [0.5, 0.6) is 0 Å². The van der Waals surface area contributed by atoms with Gasteiger partial charge in [0.15, 0.2) is 0 Å². The second-order valence-corrected chi connectivity index (χ2v) is 6.10. The first-order valence-corrected chi connectivity index (χ1v) is 7.79. The van der Waals surface area contributed by atoms with Crippen LogP contribution in [-0.2, 0) is 23.1 Å². The van der Waals surface area contributed by atoms with Gasteiger partial charge in [0.05, 0.1) is 22.5 Å². The van der Waals surface area contributed by atoms with Crippen molar-refractivity contribution >= 4 is 23.3 Å².